The molecule has 0 unspecified atom stereocenters. The molecule has 1 N–H and O–H groups in total. The molecule has 0 saturated carbocycles. The van der Waals surface area contributed by atoms with Crippen LogP contribution in [0.2, 0.25) is 4.44 Å². The minimum absolute atomic E-state index is 0.767. The Morgan fingerprint density at radius 2 is 1.28 bits per heavy atom. The van der Waals surface area contributed by atoms with Crippen molar-refractivity contribution in [3.8, 4) is 0 Å². The normalized spacial score (nSPS) is 12.0. The fourth-order valence-electron chi connectivity index (χ4n) is 1.60. The summed E-state index contributed by atoms with van der Waals surface area (Å²) in [7, 11) is 1.98. The van der Waals surface area contributed by atoms with Gasteiger partial charge in [0.15, 0.2) is 0 Å². The van der Waals surface area contributed by atoms with Crippen LogP contribution in [0.1, 0.15) is 46.5 Å². The van der Waals surface area contributed by atoms with E-state index in [2.05, 4.69) is 26.1 Å². The number of hydrogen-bond donors (Lipinski definition) is 1. The molecule has 0 aromatic heterocycles. The molecular weight excluding hydrogens is 337 g/mol. The summed E-state index contributed by atoms with van der Waals surface area (Å²) in [6.07, 6.45) is 4.14. The summed E-state index contributed by atoms with van der Waals surface area (Å²) in [4.78, 5) is 0. The number of nitrogens with one attached hydrogen (secondary N) is 1. The van der Waals surface area contributed by atoms with E-state index in [1.165, 1.54) is 0 Å². The summed E-state index contributed by atoms with van der Waals surface area (Å²) in [5.74, 6) is 0. The SMILES string of the molecule is CCC[O][Sn]([CH2]CCNC)([O]CCC)[O]CCC. The van der Waals surface area contributed by atoms with Gasteiger partial charge in [0, 0.05) is 0 Å². The van der Waals surface area contributed by atoms with E-state index >= 15 is 0 Å². The van der Waals surface area contributed by atoms with Gasteiger partial charge in [-0.05, 0) is 0 Å². The molecule has 0 spiro atoms. The Kier molecular flexibility index (Phi) is 13.1. The molecule has 0 amide bonds. The molecule has 0 atom stereocenters. The molecule has 0 fully saturated rings. The second kappa shape index (κ2) is 12.7. The average Bonchev–Trinajstić information content (AvgIpc) is 2.40. The summed E-state index contributed by atoms with van der Waals surface area (Å²) >= 11 is -3.26. The Morgan fingerprint density at radius 3 is 1.61 bits per heavy atom. The van der Waals surface area contributed by atoms with Gasteiger partial charge in [-0.3, -0.25) is 0 Å². The van der Waals surface area contributed by atoms with Gasteiger partial charge in [-0.2, -0.15) is 0 Å². The van der Waals surface area contributed by atoms with Gasteiger partial charge in [0.1, 0.15) is 0 Å². The van der Waals surface area contributed by atoms with Gasteiger partial charge in [0.25, 0.3) is 0 Å². The number of rotatable bonds is 13. The molecule has 0 aliphatic heterocycles. The van der Waals surface area contributed by atoms with Crippen molar-refractivity contribution in [3.05, 3.63) is 0 Å². The summed E-state index contributed by atoms with van der Waals surface area (Å²) in [5.41, 5.74) is 0. The van der Waals surface area contributed by atoms with E-state index in [-0.39, 0.29) is 0 Å². The van der Waals surface area contributed by atoms with Crippen molar-refractivity contribution in [1.82, 2.24) is 5.32 Å². The van der Waals surface area contributed by atoms with Gasteiger partial charge in [-0.25, -0.2) is 0 Å². The fraction of sp³-hybridized carbons (Fsp3) is 1.00. The van der Waals surface area contributed by atoms with Crippen molar-refractivity contribution >= 4 is 19.6 Å². The monoisotopic (exact) mass is 369 g/mol. The van der Waals surface area contributed by atoms with Crippen LogP contribution in [0, 0.1) is 0 Å². The Morgan fingerprint density at radius 1 is 0.833 bits per heavy atom. The van der Waals surface area contributed by atoms with E-state index in [9.17, 15) is 0 Å². The maximum atomic E-state index is 6.07. The van der Waals surface area contributed by atoms with Crippen LogP contribution in [0.25, 0.3) is 0 Å². The zero-order chi connectivity index (χ0) is 13.7. The van der Waals surface area contributed by atoms with E-state index in [1.807, 2.05) is 7.05 Å². The van der Waals surface area contributed by atoms with Crippen LogP contribution >= 0.6 is 0 Å². The first-order valence-electron chi connectivity index (χ1n) is 7.31. The molecule has 4 nitrogen and oxygen atoms in total. The molecule has 0 aromatic carbocycles. The molecule has 0 radical (unpaired) electrons. The standard InChI is InChI=1S/C4H10N.3C3H7O.Sn/c1-3-4-5-2;3*1-2-3-4;/h5H,1,3-4H2,2H3;3*2-3H2,1H3;/q;3*-1;+3. The van der Waals surface area contributed by atoms with Gasteiger partial charge < -0.3 is 0 Å². The zero-order valence-corrected chi connectivity index (χ0v) is 15.4. The molecule has 0 saturated heterocycles. The van der Waals surface area contributed by atoms with E-state index in [1.54, 1.807) is 0 Å². The quantitative estimate of drug-likeness (QED) is 0.401. The third-order valence-electron chi connectivity index (χ3n) is 2.49. The predicted octanol–water partition coefficient (Wildman–Crippen LogP) is 2.81. The van der Waals surface area contributed by atoms with Gasteiger partial charge in [0.2, 0.25) is 0 Å². The second-order valence-electron chi connectivity index (χ2n) is 4.44. The summed E-state index contributed by atoms with van der Waals surface area (Å²) in [6, 6.07) is 0. The van der Waals surface area contributed by atoms with Crippen LogP contribution in [0.4, 0.5) is 0 Å². The maximum absolute atomic E-state index is 6.07. The summed E-state index contributed by atoms with van der Waals surface area (Å²) in [6.45, 7) is 9.69. The molecule has 0 rings (SSSR count). The fourth-order valence-corrected chi connectivity index (χ4v) is 9.70. The Balaban J connectivity index is 4.41. The molecule has 18 heavy (non-hydrogen) atoms. The van der Waals surface area contributed by atoms with Crippen molar-refractivity contribution in [2.24, 2.45) is 0 Å². The molecule has 0 aliphatic rings. The Hall–Kier alpha value is 0.639. The zero-order valence-electron chi connectivity index (χ0n) is 12.6. The van der Waals surface area contributed by atoms with Crippen molar-refractivity contribution in [1.29, 1.82) is 0 Å². The van der Waals surface area contributed by atoms with Crippen LogP contribution < -0.4 is 5.32 Å². The van der Waals surface area contributed by atoms with Gasteiger partial charge in [-0.1, -0.05) is 0 Å². The second-order valence-corrected chi connectivity index (χ2v) is 12.2. The van der Waals surface area contributed by atoms with E-state index in [0.717, 1.165) is 56.5 Å². The van der Waals surface area contributed by atoms with Gasteiger partial charge in [-0.15, -0.1) is 0 Å². The van der Waals surface area contributed by atoms with Crippen LogP contribution in [0.5, 0.6) is 0 Å². The molecule has 0 heterocycles. The van der Waals surface area contributed by atoms with Crippen LogP contribution in [-0.2, 0) is 9.22 Å². The van der Waals surface area contributed by atoms with E-state index in [0.29, 0.717) is 0 Å². The van der Waals surface area contributed by atoms with Crippen LogP contribution in [-0.4, -0.2) is 53.0 Å². The summed E-state index contributed by atoms with van der Waals surface area (Å²) in [5, 5.41) is 3.18. The van der Waals surface area contributed by atoms with Crippen molar-refractivity contribution in [2.45, 2.75) is 50.9 Å². The third-order valence-corrected chi connectivity index (χ3v) is 10.8. The van der Waals surface area contributed by atoms with Gasteiger partial charge in [0.05, 0.1) is 0 Å². The topological polar surface area (TPSA) is 39.7 Å². The molecule has 0 aliphatic carbocycles. The van der Waals surface area contributed by atoms with Gasteiger partial charge >= 0.3 is 118 Å². The Labute approximate surface area is 118 Å². The molecule has 5 heteroatoms. The number of hydrogen-bond acceptors (Lipinski definition) is 4. The van der Waals surface area contributed by atoms with Crippen molar-refractivity contribution in [3.63, 3.8) is 0 Å². The van der Waals surface area contributed by atoms with Crippen LogP contribution in [0.3, 0.4) is 0 Å². The first-order valence-corrected chi connectivity index (χ1v) is 12.8. The van der Waals surface area contributed by atoms with E-state index < -0.39 is 19.6 Å². The van der Waals surface area contributed by atoms with Crippen LogP contribution in [0.15, 0.2) is 0 Å². The average molecular weight is 368 g/mol. The predicted molar refractivity (Wildman–Crippen MR) is 77.8 cm³/mol. The van der Waals surface area contributed by atoms with Crippen molar-refractivity contribution in [2.75, 3.05) is 33.4 Å². The van der Waals surface area contributed by atoms with Crippen molar-refractivity contribution < 1.29 is 9.22 Å². The molecular formula is C13H31NO3Sn. The molecule has 0 bridgehead atoms. The third kappa shape index (κ3) is 8.69. The summed E-state index contributed by atoms with van der Waals surface area (Å²) < 4.78 is 19.2. The minimum atomic E-state index is -3.26. The molecule has 110 valence electrons. The molecule has 0 aromatic rings. The Bertz CT molecular complexity index is 160. The van der Waals surface area contributed by atoms with E-state index in [4.69, 9.17) is 9.22 Å². The first kappa shape index (κ1) is 18.6. The first-order chi connectivity index (χ1) is 8.74.